The van der Waals surface area contributed by atoms with Gasteiger partial charge in [-0.3, -0.25) is 9.69 Å². The van der Waals surface area contributed by atoms with Gasteiger partial charge in [0.1, 0.15) is 0 Å². The fraction of sp³-hybridized carbons (Fsp3) is 0.632. The number of carbonyl (C=O) groups excluding carboxylic acids is 1. The Kier molecular flexibility index (Phi) is 7.55. The molecule has 1 unspecified atom stereocenters. The Morgan fingerprint density at radius 2 is 2.15 bits per heavy atom. The number of esters is 1. The third-order valence-corrected chi connectivity index (χ3v) is 5.15. The van der Waals surface area contributed by atoms with Crippen LogP contribution in [-0.2, 0) is 20.8 Å². The SMILES string of the molecule is CCOC(=O)C1(CCOC)CCCN(Cc2cc(Cl)c(O)c(OC)c2)C1. The van der Waals surface area contributed by atoms with Crippen LogP contribution in [0.25, 0.3) is 0 Å². The van der Waals surface area contributed by atoms with Crippen molar-refractivity contribution >= 4 is 17.6 Å². The number of methoxy groups -OCH3 is 2. The number of hydrogen-bond acceptors (Lipinski definition) is 6. The van der Waals surface area contributed by atoms with Crippen molar-refractivity contribution in [1.82, 2.24) is 4.90 Å². The number of aromatic hydroxyl groups is 1. The molecule has 7 heteroatoms. The molecule has 1 aliphatic rings. The highest BCUT2D eigenvalue weighted by Crippen LogP contribution is 2.38. The maximum absolute atomic E-state index is 12.6. The molecule has 2 rings (SSSR count). The lowest BCUT2D eigenvalue weighted by Gasteiger charge is -2.41. The number of hydrogen-bond donors (Lipinski definition) is 1. The van der Waals surface area contributed by atoms with Crippen molar-refractivity contribution in [3.8, 4) is 11.5 Å². The Hall–Kier alpha value is -1.50. The summed E-state index contributed by atoms with van der Waals surface area (Å²) < 4.78 is 15.8. The van der Waals surface area contributed by atoms with Crippen LogP contribution in [0.2, 0.25) is 5.02 Å². The number of rotatable bonds is 8. The van der Waals surface area contributed by atoms with Crippen LogP contribution in [-0.4, -0.2) is 56.5 Å². The fourth-order valence-electron chi connectivity index (χ4n) is 3.55. The standard InChI is InChI=1S/C19H28ClNO5/c1-4-26-18(23)19(7-9-24-2)6-5-8-21(13-19)12-14-10-15(20)17(22)16(11-14)25-3/h10-11,22H,4-9,12-13H2,1-3H3. The van der Waals surface area contributed by atoms with Crippen LogP contribution >= 0.6 is 11.6 Å². The van der Waals surface area contributed by atoms with Crippen LogP contribution in [0.4, 0.5) is 0 Å². The third-order valence-electron chi connectivity index (χ3n) is 4.86. The van der Waals surface area contributed by atoms with Crippen molar-refractivity contribution in [2.75, 3.05) is 40.5 Å². The quantitative estimate of drug-likeness (QED) is 0.693. The molecule has 0 amide bonds. The van der Waals surface area contributed by atoms with Gasteiger partial charge in [0.05, 0.1) is 24.2 Å². The Balaban J connectivity index is 2.17. The second-order valence-electron chi connectivity index (χ2n) is 6.69. The summed E-state index contributed by atoms with van der Waals surface area (Å²) in [5.74, 6) is 0.140. The molecule has 1 atom stereocenters. The number of benzene rings is 1. The highest BCUT2D eigenvalue weighted by Gasteiger charge is 2.43. The van der Waals surface area contributed by atoms with Gasteiger partial charge in [0.15, 0.2) is 11.5 Å². The molecule has 1 saturated heterocycles. The van der Waals surface area contributed by atoms with Gasteiger partial charge in [-0.15, -0.1) is 0 Å². The Labute approximate surface area is 160 Å². The Morgan fingerprint density at radius 3 is 2.81 bits per heavy atom. The first-order chi connectivity index (χ1) is 12.5. The van der Waals surface area contributed by atoms with Gasteiger partial charge in [-0.05, 0) is 50.4 Å². The van der Waals surface area contributed by atoms with E-state index in [0.717, 1.165) is 24.9 Å². The summed E-state index contributed by atoms with van der Waals surface area (Å²) in [5, 5.41) is 10.2. The molecule has 0 bridgehead atoms. The van der Waals surface area contributed by atoms with Crippen molar-refractivity contribution in [1.29, 1.82) is 0 Å². The van der Waals surface area contributed by atoms with E-state index in [0.29, 0.717) is 38.5 Å². The first-order valence-corrected chi connectivity index (χ1v) is 9.27. The molecule has 26 heavy (non-hydrogen) atoms. The number of likely N-dealkylation sites (tertiary alicyclic amines) is 1. The third kappa shape index (κ3) is 4.81. The van der Waals surface area contributed by atoms with Crippen molar-refractivity contribution in [2.45, 2.75) is 32.7 Å². The zero-order chi connectivity index (χ0) is 19.2. The van der Waals surface area contributed by atoms with Crippen molar-refractivity contribution < 1.29 is 24.1 Å². The van der Waals surface area contributed by atoms with Crippen LogP contribution < -0.4 is 4.74 Å². The van der Waals surface area contributed by atoms with E-state index in [9.17, 15) is 9.90 Å². The van der Waals surface area contributed by atoms with E-state index in [2.05, 4.69) is 4.90 Å². The van der Waals surface area contributed by atoms with Crippen molar-refractivity contribution in [3.05, 3.63) is 22.7 Å². The zero-order valence-electron chi connectivity index (χ0n) is 15.7. The first kappa shape index (κ1) is 20.8. The number of halogens is 1. The lowest BCUT2D eigenvalue weighted by atomic mass is 9.77. The first-order valence-electron chi connectivity index (χ1n) is 8.89. The predicted molar refractivity (Wildman–Crippen MR) is 99.7 cm³/mol. The van der Waals surface area contributed by atoms with E-state index in [4.69, 9.17) is 25.8 Å². The number of phenolic OH excluding ortho intramolecular Hbond substituents is 1. The predicted octanol–water partition coefficient (Wildman–Crippen LogP) is 3.24. The molecule has 1 aromatic rings. The summed E-state index contributed by atoms with van der Waals surface area (Å²) in [6.45, 7) is 4.83. The lowest BCUT2D eigenvalue weighted by Crippen LogP contribution is -2.48. The molecule has 1 N–H and O–H groups in total. The molecule has 1 fully saturated rings. The van der Waals surface area contributed by atoms with E-state index in [-0.39, 0.29) is 16.7 Å². The van der Waals surface area contributed by atoms with Crippen LogP contribution in [0.3, 0.4) is 0 Å². The number of carbonyl (C=O) groups is 1. The van der Waals surface area contributed by atoms with Crippen LogP contribution in [0.15, 0.2) is 12.1 Å². The molecule has 0 aliphatic carbocycles. The van der Waals surface area contributed by atoms with Gasteiger partial charge in [-0.1, -0.05) is 11.6 Å². The lowest BCUT2D eigenvalue weighted by molar-refractivity contribution is -0.160. The zero-order valence-corrected chi connectivity index (χ0v) is 16.5. The molecule has 6 nitrogen and oxygen atoms in total. The monoisotopic (exact) mass is 385 g/mol. The summed E-state index contributed by atoms with van der Waals surface area (Å²) in [6, 6.07) is 3.51. The average molecular weight is 386 g/mol. The molecule has 0 saturated carbocycles. The fourth-order valence-corrected chi connectivity index (χ4v) is 3.78. The van der Waals surface area contributed by atoms with E-state index < -0.39 is 5.41 Å². The molecular formula is C19H28ClNO5. The molecular weight excluding hydrogens is 358 g/mol. The van der Waals surface area contributed by atoms with E-state index in [1.807, 2.05) is 6.92 Å². The second kappa shape index (κ2) is 9.44. The average Bonchev–Trinajstić information content (AvgIpc) is 2.63. The van der Waals surface area contributed by atoms with Crippen LogP contribution in [0.5, 0.6) is 11.5 Å². The smallest absolute Gasteiger partial charge is 0.313 e. The van der Waals surface area contributed by atoms with E-state index in [1.54, 1.807) is 19.2 Å². The number of phenols is 1. The summed E-state index contributed by atoms with van der Waals surface area (Å²) in [6.07, 6.45) is 2.34. The molecule has 1 aromatic carbocycles. The minimum atomic E-state index is -0.547. The highest BCUT2D eigenvalue weighted by molar-refractivity contribution is 6.32. The summed E-state index contributed by atoms with van der Waals surface area (Å²) in [7, 11) is 3.14. The van der Waals surface area contributed by atoms with Gasteiger partial charge in [0.2, 0.25) is 0 Å². The van der Waals surface area contributed by atoms with E-state index >= 15 is 0 Å². The number of nitrogens with zero attached hydrogens (tertiary/aromatic N) is 1. The number of ether oxygens (including phenoxy) is 3. The van der Waals surface area contributed by atoms with E-state index in [1.165, 1.54) is 7.11 Å². The van der Waals surface area contributed by atoms with Crippen molar-refractivity contribution in [3.63, 3.8) is 0 Å². The molecule has 146 valence electrons. The van der Waals surface area contributed by atoms with Gasteiger partial charge in [0.25, 0.3) is 0 Å². The Bertz CT molecular complexity index is 624. The molecule has 0 spiro atoms. The van der Waals surface area contributed by atoms with Gasteiger partial charge < -0.3 is 19.3 Å². The van der Waals surface area contributed by atoms with Crippen molar-refractivity contribution in [2.24, 2.45) is 5.41 Å². The van der Waals surface area contributed by atoms with Gasteiger partial charge >= 0.3 is 5.97 Å². The van der Waals surface area contributed by atoms with Crippen LogP contribution in [0, 0.1) is 5.41 Å². The van der Waals surface area contributed by atoms with Gasteiger partial charge in [-0.2, -0.15) is 0 Å². The minimum Gasteiger partial charge on any atom is -0.503 e. The van der Waals surface area contributed by atoms with Gasteiger partial charge in [-0.25, -0.2) is 0 Å². The van der Waals surface area contributed by atoms with Gasteiger partial charge in [0, 0.05) is 26.8 Å². The highest BCUT2D eigenvalue weighted by atomic mass is 35.5. The summed E-state index contributed by atoms with van der Waals surface area (Å²) >= 11 is 6.09. The Morgan fingerprint density at radius 1 is 1.38 bits per heavy atom. The number of piperidine rings is 1. The normalized spacial score (nSPS) is 20.8. The summed E-state index contributed by atoms with van der Waals surface area (Å²) in [4.78, 5) is 14.9. The largest absolute Gasteiger partial charge is 0.503 e. The topological polar surface area (TPSA) is 68.2 Å². The molecule has 0 aromatic heterocycles. The maximum Gasteiger partial charge on any atom is 0.313 e. The molecule has 1 aliphatic heterocycles. The maximum atomic E-state index is 12.6. The van der Waals surface area contributed by atoms with Crippen LogP contribution in [0.1, 0.15) is 31.7 Å². The second-order valence-corrected chi connectivity index (χ2v) is 7.09. The molecule has 0 radical (unpaired) electrons. The summed E-state index contributed by atoms with van der Waals surface area (Å²) in [5.41, 5.74) is 0.380. The molecule has 1 heterocycles. The minimum absolute atomic E-state index is 0.0578.